The SMILES string of the molecule is CC(N)C1CCN(C(=O)c2ccc3c(c2)C(=O)N(C)C3=O)CC1. The molecule has 122 valence electrons. The molecule has 2 aliphatic rings. The van der Waals surface area contributed by atoms with Gasteiger partial charge in [-0.05, 0) is 43.9 Å². The molecule has 0 radical (unpaired) electrons. The van der Waals surface area contributed by atoms with Crippen molar-refractivity contribution in [1.82, 2.24) is 9.80 Å². The van der Waals surface area contributed by atoms with Crippen molar-refractivity contribution >= 4 is 17.7 Å². The Balaban J connectivity index is 1.78. The van der Waals surface area contributed by atoms with Gasteiger partial charge in [0.2, 0.25) is 0 Å². The summed E-state index contributed by atoms with van der Waals surface area (Å²) in [6.45, 7) is 3.35. The van der Waals surface area contributed by atoms with Crippen molar-refractivity contribution < 1.29 is 14.4 Å². The van der Waals surface area contributed by atoms with Gasteiger partial charge in [0.25, 0.3) is 17.7 Å². The summed E-state index contributed by atoms with van der Waals surface area (Å²) in [5, 5.41) is 0. The normalized spacial score (nSPS) is 20.0. The molecule has 3 rings (SSSR count). The summed E-state index contributed by atoms with van der Waals surface area (Å²) < 4.78 is 0. The zero-order valence-electron chi connectivity index (χ0n) is 13.4. The average Bonchev–Trinajstić information content (AvgIpc) is 2.78. The Morgan fingerprint density at radius 2 is 1.78 bits per heavy atom. The highest BCUT2D eigenvalue weighted by Gasteiger charge is 2.34. The molecule has 0 spiro atoms. The molecule has 1 aromatic carbocycles. The fourth-order valence-corrected chi connectivity index (χ4v) is 3.31. The molecule has 2 heterocycles. The van der Waals surface area contributed by atoms with Crippen molar-refractivity contribution in [1.29, 1.82) is 0 Å². The number of benzene rings is 1. The van der Waals surface area contributed by atoms with Crippen molar-refractivity contribution in [2.24, 2.45) is 11.7 Å². The number of hydrogen-bond donors (Lipinski definition) is 1. The van der Waals surface area contributed by atoms with Crippen molar-refractivity contribution in [3.8, 4) is 0 Å². The minimum Gasteiger partial charge on any atom is -0.339 e. The first kappa shape index (κ1) is 15.7. The highest BCUT2D eigenvalue weighted by atomic mass is 16.2. The lowest BCUT2D eigenvalue weighted by Gasteiger charge is -2.33. The predicted octanol–water partition coefficient (Wildman–Crippen LogP) is 1.11. The second-order valence-electron chi connectivity index (χ2n) is 6.42. The Hall–Kier alpha value is -2.21. The first-order valence-electron chi connectivity index (χ1n) is 7.91. The highest BCUT2D eigenvalue weighted by molar-refractivity contribution is 6.21. The van der Waals surface area contributed by atoms with Gasteiger partial charge in [-0.15, -0.1) is 0 Å². The van der Waals surface area contributed by atoms with Crippen LogP contribution >= 0.6 is 0 Å². The van der Waals surface area contributed by atoms with E-state index in [-0.39, 0.29) is 23.8 Å². The van der Waals surface area contributed by atoms with E-state index in [1.165, 1.54) is 7.05 Å². The minimum absolute atomic E-state index is 0.0919. The van der Waals surface area contributed by atoms with E-state index >= 15 is 0 Å². The van der Waals surface area contributed by atoms with Crippen molar-refractivity contribution in [3.63, 3.8) is 0 Å². The molecule has 0 aliphatic carbocycles. The molecule has 6 heteroatoms. The molecule has 6 nitrogen and oxygen atoms in total. The molecule has 1 unspecified atom stereocenters. The fourth-order valence-electron chi connectivity index (χ4n) is 3.31. The lowest BCUT2D eigenvalue weighted by atomic mass is 9.90. The number of carbonyl (C=O) groups is 3. The van der Waals surface area contributed by atoms with Gasteiger partial charge in [0.1, 0.15) is 0 Å². The van der Waals surface area contributed by atoms with Gasteiger partial charge in [0.15, 0.2) is 0 Å². The van der Waals surface area contributed by atoms with Gasteiger partial charge < -0.3 is 10.6 Å². The number of nitrogens with zero attached hydrogens (tertiary/aromatic N) is 2. The average molecular weight is 315 g/mol. The summed E-state index contributed by atoms with van der Waals surface area (Å²) in [7, 11) is 1.45. The number of carbonyl (C=O) groups excluding carboxylic acids is 3. The Kier molecular flexibility index (Phi) is 3.93. The van der Waals surface area contributed by atoms with Crippen LogP contribution in [-0.4, -0.2) is 53.7 Å². The van der Waals surface area contributed by atoms with Gasteiger partial charge in [0.05, 0.1) is 11.1 Å². The van der Waals surface area contributed by atoms with Crippen LogP contribution < -0.4 is 5.73 Å². The maximum atomic E-state index is 12.6. The number of amides is 3. The molecule has 1 aromatic rings. The molecule has 3 amide bonds. The van der Waals surface area contributed by atoms with Crippen LogP contribution in [0.5, 0.6) is 0 Å². The van der Waals surface area contributed by atoms with Crippen LogP contribution in [0, 0.1) is 5.92 Å². The predicted molar refractivity (Wildman–Crippen MR) is 85.1 cm³/mol. The Bertz CT molecular complexity index is 676. The molecule has 2 N–H and O–H groups in total. The van der Waals surface area contributed by atoms with Gasteiger partial charge in [-0.3, -0.25) is 19.3 Å². The number of fused-ring (bicyclic) bond motifs is 1. The van der Waals surface area contributed by atoms with E-state index in [0.717, 1.165) is 17.7 Å². The van der Waals surface area contributed by atoms with Crippen LogP contribution in [0.15, 0.2) is 18.2 Å². The third-order valence-electron chi connectivity index (χ3n) is 4.91. The summed E-state index contributed by atoms with van der Waals surface area (Å²) >= 11 is 0. The van der Waals surface area contributed by atoms with E-state index in [1.54, 1.807) is 23.1 Å². The van der Waals surface area contributed by atoms with E-state index in [0.29, 0.717) is 35.7 Å². The first-order valence-corrected chi connectivity index (χ1v) is 7.91. The van der Waals surface area contributed by atoms with Crippen LogP contribution in [0.3, 0.4) is 0 Å². The van der Waals surface area contributed by atoms with E-state index in [2.05, 4.69) is 0 Å². The number of hydrogen-bond acceptors (Lipinski definition) is 4. The standard InChI is InChI=1S/C17H21N3O3/c1-10(18)11-5-7-20(8-6-11)15(21)12-3-4-13-14(9-12)17(23)19(2)16(13)22/h3-4,9-11H,5-8,18H2,1-2H3. The molecular formula is C17H21N3O3. The van der Waals surface area contributed by atoms with Crippen molar-refractivity contribution in [2.45, 2.75) is 25.8 Å². The van der Waals surface area contributed by atoms with E-state index in [4.69, 9.17) is 5.73 Å². The molecule has 0 saturated carbocycles. The van der Waals surface area contributed by atoms with Crippen LogP contribution in [0.1, 0.15) is 50.8 Å². The molecular weight excluding hydrogens is 294 g/mol. The fraction of sp³-hybridized carbons (Fsp3) is 0.471. The number of likely N-dealkylation sites (tertiary alicyclic amines) is 1. The zero-order chi connectivity index (χ0) is 16.7. The van der Waals surface area contributed by atoms with Crippen LogP contribution in [0.25, 0.3) is 0 Å². The molecule has 23 heavy (non-hydrogen) atoms. The summed E-state index contributed by atoms with van der Waals surface area (Å²) in [5.41, 5.74) is 7.06. The Labute approximate surface area is 135 Å². The maximum absolute atomic E-state index is 12.6. The monoisotopic (exact) mass is 315 g/mol. The second-order valence-corrected chi connectivity index (χ2v) is 6.42. The minimum atomic E-state index is -0.352. The second kappa shape index (κ2) is 5.77. The quantitative estimate of drug-likeness (QED) is 0.829. The van der Waals surface area contributed by atoms with E-state index < -0.39 is 0 Å². The van der Waals surface area contributed by atoms with Crippen LogP contribution in [0.2, 0.25) is 0 Å². The molecule has 2 aliphatic heterocycles. The molecule has 1 fully saturated rings. The largest absolute Gasteiger partial charge is 0.339 e. The third-order valence-corrected chi connectivity index (χ3v) is 4.91. The van der Waals surface area contributed by atoms with Gasteiger partial charge in [0, 0.05) is 31.7 Å². The third kappa shape index (κ3) is 2.63. The van der Waals surface area contributed by atoms with Crippen LogP contribution in [-0.2, 0) is 0 Å². The van der Waals surface area contributed by atoms with Crippen molar-refractivity contribution in [2.75, 3.05) is 20.1 Å². The summed E-state index contributed by atoms with van der Waals surface area (Å²) in [6.07, 6.45) is 1.79. The lowest BCUT2D eigenvalue weighted by molar-refractivity contribution is 0.0678. The summed E-state index contributed by atoms with van der Waals surface area (Å²) in [4.78, 5) is 39.4. The van der Waals surface area contributed by atoms with Gasteiger partial charge in [-0.2, -0.15) is 0 Å². The number of nitrogens with two attached hydrogens (primary N) is 1. The lowest BCUT2D eigenvalue weighted by Crippen LogP contribution is -2.42. The zero-order valence-corrected chi connectivity index (χ0v) is 13.4. The molecule has 0 bridgehead atoms. The number of piperidine rings is 1. The summed E-state index contributed by atoms with van der Waals surface area (Å²) in [5.74, 6) is -0.310. The Morgan fingerprint density at radius 3 is 2.39 bits per heavy atom. The van der Waals surface area contributed by atoms with E-state index in [1.807, 2.05) is 6.92 Å². The number of imide groups is 1. The molecule has 0 aromatic heterocycles. The van der Waals surface area contributed by atoms with Gasteiger partial charge in [-0.1, -0.05) is 0 Å². The summed E-state index contributed by atoms with van der Waals surface area (Å²) in [6, 6.07) is 4.88. The van der Waals surface area contributed by atoms with E-state index in [9.17, 15) is 14.4 Å². The topological polar surface area (TPSA) is 83.7 Å². The maximum Gasteiger partial charge on any atom is 0.261 e. The highest BCUT2D eigenvalue weighted by Crippen LogP contribution is 2.25. The van der Waals surface area contributed by atoms with Crippen molar-refractivity contribution in [3.05, 3.63) is 34.9 Å². The van der Waals surface area contributed by atoms with Crippen LogP contribution in [0.4, 0.5) is 0 Å². The Morgan fingerprint density at radius 1 is 1.17 bits per heavy atom. The molecule has 1 atom stereocenters. The van der Waals surface area contributed by atoms with Gasteiger partial charge >= 0.3 is 0 Å². The number of rotatable bonds is 2. The molecule has 1 saturated heterocycles. The smallest absolute Gasteiger partial charge is 0.261 e. The first-order chi connectivity index (χ1) is 10.9. The van der Waals surface area contributed by atoms with Gasteiger partial charge in [-0.25, -0.2) is 0 Å².